The minimum atomic E-state index is -0.287. The molecule has 0 amide bonds. The second kappa shape index (κ2) is 6.93. The first-order valence-corrected chi connectivity index (χ1v) is 7.88. The standard InChI is InChI=1S/C19H20FN3O/c1-13-6-4-5-7-16(13)12-23(3)14(2)18-21-22-19(24-18)15-8-10-17(20)11-9-15/h4-11,14H,12H2,1-3H3/t14-/m1/s1. The quantitative estimate of drug-likeness (QED) is 0.698. The Morgan fingerprint density at radius 1 is 1.08 bits per heavy atom. The van der Waals surface area contributed by atoms with Gasteiger partial charge in [-0.25, -0.2) is 4.39 Å². The third-order valence-corrected chi connectivity index (χ3v) is 4.23. The van der Waals surface area contributed by atoms with E-state index in [4.69, 9.17) is 4.42 Å². The molecule has 4 nitrogen and oxygen atoms in total. The second-order valence-electron chi connectivity index (χ2n) is 5.97. The Kier molecular flexibility index (Phi) is 4.71. The van der Waals surface area contributed by atoms with Crippen molar-refractivity contribution in [3.63, 3.8) is 0 Å². The van der Waals surface area contributed by atoms with Crippen molar-refractivity contribution >= 4 is 0 Å². The molecule has 24 heavy (non-hydrogen) atoms. The number of hydrogen-bond acceptors (Lipinski definition) is 4. The molecular formula is C19H20FN3O. The van der Waals surface area contributed by atoms with Crippen molar-refractivity contribution in [3.8, 4) is 11.5 Å². The smallest absolute Gasteiger partial charge is 0.247 e. The zero-order valence-corrected chi connectivity index (χ0v) is 14.0. The fourth-order valence-electron chi connectivity index (χ4n) is 2.49. The van der Waals surface area contributed by atoms with Crippen LogP contribution in [0.25, 0.3) is 11.5 Å². The normalized spacial score (nSPS) is 12.5. The van der Waals surface area contributed by atoms with E-state index < -0.39 is 0 Å². The lowest BCUT2D eigenvalue weighted by atomic mass is 10.1. The number of nitrogens with zero attached hydrogens (tertiary/aromatic N) is 3. The summed E-state index contributed by atoms with van der Waals surface area (Å²) in [5.41, 5.74) is 3.24. The number of aryl methyl sites for hydroxylation is 1. The van der Waals surface area contributed by atoms with Gasteiger partial charge in [0.25, 0.3) is 0 Å². The first-order chi connectivity index (χ1) is 11.5. The van der Waals surface area contributed by atoms with E-state index in [2.05, 4.69) is 34.2 Å². The Bertz CT molecular complexity index is 813. The van der Waals surface area contributed by atoms with Gasteiger partial charge >= 0.3 is 0 Å². The number of halogens is 1. The molecule has 0 fully saturated rings. The molecule has 0 aliphatic heterocycles. The van der Waals surface area contributed by atoms with Crippen LogP contribution in [-0.2, 0) is 6.54 Å². The third-order valence-electron chi connectivity index (χ3n) is 4.23. The molecule has 3 rings (SSSR count). The first kappa shape index (κ1) is 16.3. The topological polar surface area (TPSA) is 42.2 Å². The van der Waals surface area contributed by atoms with Crippen LogP contribution in [0.3, 0.4) is 0 Å². The van der Waals surface area contributed by atoms with E-state index in [1.807, 2.05) is 26.1 Å². The summed E-state index contributed by atoms with van der Waals surface area (Å²) in [6.07, 6.45) is 0. The maximum Gasteiger partial charge on any atom is 0.247 e. The fraction of sp³-hybridized carbons (Fsp3) is 0.263. The van der Waals surface area contributed by atoms with E-state index >= 15 is 0 Å². The Balaban J connectivity index is 1.74. The average Bonchev–Trinajstić information content (AvgIpc) is 3.07. The van der Waals surface area contributed by atoms with Gasteiger partial charge in [0.2, 0.25) is 11.8 Å². The minimum Gasteiger partial charge on any atom is -0.419 e. The van der Waals surface area contributed by atoms with Crippen molar-refractivity contribution in [2.75, 3.05) is 7.05 Å². The van der Waals surface area contributed by atoms with Crippen molar-refractivity contribution in [3.05, 3.63) is 71.4 Å². The Hall–Kier alpha value is -2.53. The summed E-state index contributed by atoms with van der Waals surface area (Å²) in [7, 11) is 2.03. The summed E-state index contributed by atoms with van der Waals surface area (Å²) in [6, 6.07) is 14.3. The lowest BCUT2D eigenvalue weighted by Crippen LogP contribution is -2.22. The zero-order valence-electron chi connectivity index (χ0n) is 14.0. The number of benzene rings is 2. The van der Waals surface area contributed by atoms with Gasteiger partial charge in [0, 0.05) is 12.1 Å². The lowest BCUT2D eigenvalue weighted by molar-refractivity contribution is 0.217. The molecule has 0 radical (unpaired) electrons. The van der Waals surface area contributed by atoms with Gasteiger partial charge in [-0.2, -0.15) is 0 Å². The molecule has 1 heterocycles. The highest BCUT2D eigenvalue weighted by atomic mass is 19.1. The van der Waals surface area contributed by atoms with Gasteiger partial charge in [-0.05, 0) is 56.3 Å². The lowest BCUT2D eigenvalue weighted by Gasteiger charge is -2.22. The first-order valence-electron chi connectivity index (χ1n) is 7.88. The summed E-state index contributed by atoms with van der Waals surface area (Å²) in [6.45, 7) is 4.93. The molecule has 0 aliphatic rings. The summed E-state index contributed by atoms with van der Waals surface area (Å²) < 4.78 is 18.8. The molecule has 0 bridgehead atoms. The van der Waals surface area contributed by atoms with Crippen molar-refractivity contribution in [1.82, 2.24) is 15.1 Å². The van der Waals surface area contributed by atoms with Crippen LogP contribution in [0.15, 0.2) is 52.9 Å². The zero-order chi connectivity index (χ0) is 17.1. The molecule has 3 aromatic rings. The SMILES string of the molecule is Cc1ccccc1CN(C)[C@H](C)c1nnc(-c2ccc(F)cc2)o1. The van der Waals surface area contributed by atoms with E-state index in [0.717, 1.165) is 6.54 Å². The van der Waals surface area contributed by atoms with Gasteiger partial charge in [0.15, 0.2) is 0 Å². The van der Waals surface area contributed by atoms with Gasteiger partial charge < -0.3 is 4.42 Å². The summed E-state index contributed by atoms with van der Waals surface area (Å²) in [5, 5.41) is 8.23. The maximum atomic E-state index is 13.0. The van der Waals surface area contributed by atoms with E-state index in [1.165, 1.54) is 23.3 Å². The van der Waals surface area contributed by atoms with Gasteiger partial charge in [-0.1, -0.05) is 24.3 Å². The van der Waals surface area contributed by atoms with E-state index in [0.29, 0.717) is 17.3 Å². The summed E-state index contributed by atoms with van der Waals surface area (Å²) in [4.78, 5) is 2.16. The number of aromatic nitrogens is 2. The Labute approximate surface area is 140 Å². The molecule has 0 saturated heterocycles. The third kappa shape index (κ3) is 3.51. The molecule has 0 N–H and O–H groups in total. The van der Waals surface area contributed by atoms with Gasteiger partial charge in [-0.15, -0.1) is 10.2 Å². The van der Waals surface area contributed by atoms with Gasteiger partial charge in [0.05, 0.1) is 6.04 Å². The predicted molar refractivity (Wildman–Crippen MR) is 90.8 cm³/mol. The Morgan fingerprint density at radius 2 is 1.79 bits per heavy atom. The average molecular weight is 325 g/mol. The van der Waals surface area contributed by atoms with Crippen LogP contribution in [0, 0.1) is 12.7 Å². The number of rotatable bonds is 5. The number of hydrogen-bond donors (Lipinski definition) is 0. The van der Waals surface area contributed by atoms with E-state index in [-0.39, 0.29) is 11.9 Å². The molecular weight excluding hydrogens is 305 g/mol. The molecule has 0 unspecified atom stereocenters. The largest absolute Gasteiger partial charge is 0.419 e. The molecule has 1 aromatic heterocycles. The monoisotopic (exact) mass is 325 g/mol. The van der Waals surface area contributed by atoms with Crippen molar-refractivity contribution in [1.29, 1.82) is 0 Å². The van der Waals surface area contributed by atoms with Crippen molar-refractivity contribution < 1.29 is 8.81 Å². The van der Waals surface area contributed by atoms with Crippen LogP contribution in [-0.4, -0.2) is 22.1 Å². The van der Waals surface area contributed by atoms with Crippen LogP contribution in [0.4, 0.5) is 4.39 Å². The molecule has 2 aromatic carbocycles. The van der Waals surface area contributed by atoms with Crippen molar-refractivity contribution in [2.24, 2.45) is 0 Å². The van der Waals surface area contributed by atoms with Crippen molar-refractivity contribution in [2.45, 2.75) is 26.4 Å². The van der Waals surface area contributed by atoms with Gasteiger partial charge in [0.1, 0.15) is 5.82 Å². The second-order valence-corrected chi connectivity index (χ2v) is 5.97. The molecule has 1 atom stereocenters. The highest BCUT2D eigenvalue weighted by Crippen LogP contribution is 2.24. The Morgan fingerprint density at radius 3 is 2.50 bits per heavy atom. The van der Waals surface area contributed by atoms with E-state index in [1.54, 1.807) is 12.1 Å². The van der Waals surface area contributed by atoms with Crippen LogP contribution >= 0.6 is 0 Å². The summed E-state index contributed by atoms with van der Waals surface area (Å²) in [5.74, 6) is 0.663. The molecule has 0 saturated carbocycles. The highest BCUT2D eigenvalue weighted by molar-refractivity contribution is 5.51. The van der Waals surface area contributed by atoms with Crippen LogP contribution in [0.1, 0.15) is 30.0 Å². The van der Waals surface area contributed by atoms with Crippen LogP contribution in [0.5, 0.6) is 0 Å². The predicted octanol–water partition coefficient (Wildman–Crippen LogP) is 4.38. The molecule has 0 aliphatic carbocycles. The maximum absolute atomic E-state index is 13.0. The van der Waals surface area contributed by atoms with E-state index in [9.17, 15) is 4.39 Å². The fourth-order valence-corrected chi connectivity index (χ4v) is 2.49. The minimum absolute atomic E-state index is 0.0219. The molecule has 5 heteroatoms. The van der Waals surface area contributed by atoms with Gasteiger partial charge in [-0.3, -0.25) is 4.90 Å². The summed E-state index contributed by atoms with van der Waals surface area (Å²) >= 11 is 0. The molecule has 124 valence electrons. The van der Waals surface area contributed by atoms with Crippen LogP contribution in [0.2, 0.25) is 0 Å². The van der Waals surface area contributed by atoms with Crippen LogP contribution < -0.4 is 0 Å². The highest BCUT2D eigenvalue weighted by Gasteiger charge is 2.19. The molecule has 0 spiro atoms.